The van der Waals surface area contributed by atoms with E-state index in [1.165, 1.54) is 0 Å². The molecule has 1 aromatic heterocycles. The van der Waals surface area contributed by atoms with Crippen LogP contribution in [0.15, 0.2) is 60.6 Å². The van der Waals surface area contributed by atoms with Crippen molar-refractivity contribution in [1.29, 1.82) is 0 Å². The zero-order valence-corrected chi connectivity index (χ0v) is 13.6. The fraction of sp³-hybridized carbons (Fsp3) is 0.263. The second-order valence-electron chi connectivity index (χ2n) is 5.53. The summed E-state index contributed by atoms with van der Waals surface area (Å²) in [5.41, 5.74) is 1.82. The van der Waals surface area contributed by atoms with Gasteiger partial charge in [0.15, 0.2) is 5.76 Å². The molecule has 24 heavy (non-hydrogen) atoms. The van der Waals surface area contributed by atoms with Crippen molar-refractivity contribution >= 4 is 5.91 Å². The van der Waals surface area contributed by atoms with E-state index in [4.69, 9.17) is 9.47 Å². The van der Waals surface area contributed by atoms with Crippen molar-refractivity contribution in [2.75, 3.05) is 13.7 Å². The number of hydrogen-bond donors (Lipinski definition) is 1. The first-order chi connectivity index (χ1) is 11.8. The van der Waals surface area contributed by atoms with Crippen molar-refractivity contribution in [3.63, 3.8) is 0 Å². The summed E-state index contributed by atoms with van der Waals surface area (Å²) in [5, 5.41) is 3.04. The minimum absolute atomic E-state index is 0.216. The molecule has 0 unspecified atom stereocenters. The predicted octanol–water partition coefficient (Wildman–Crippen LogP) is 2.99. The van der Waals surface area contributed by atoms with Crippen LogP contribution in [0.3, 0.4) is 0 Å². The van der Waals surface area contributed by atoms with Crippen LogP contribution in [0.4, 0.5) is 0 Å². The number of hydrogen-bond acceptors (Lipinski definition) is 4. The average molecular weight is 324 g/mol. The SMILES string of the molecule is COc1cccc([C@H](NC(=O)C2=CCCCO2)c2cccnc2)c1. The maximum Gasteiger partial charge on any atom is 0.286 e. The third-order valence-electron chi connectivity index (χ3n) is 3.88. The van der Waals surface area contributed by atoms with Crippen LogP contribution < -0.4 is 10.1 Å². The van der Waals surface area contributed by atoms with Crippen molar-refractivity contribution in [2.24, 2.45) is 0 Å². The van der Waals surface area contributed by atoms with Crippen molar-refractivity contribution in [1.82, 2.24) is 10.3 Å². The van der Waals surface area contributed by atoms with Crippen molar-refractivity contribution in [3.8, 4) is 5.75 Å². The number of nitrogens with zero attached hydrogens (tertiary/aromatic N) is 1. The highest BCUT2D eigenvalue weighted by molar-refractivity contribution is 5.92. The summed E-state index contributed by atoms with van der Waals surface area (Å²) < 4.78 is 10.8. The Labute approximate surface area is 141 Å². The normalized spacial score (nSPS) is 15.0. The molecule has 1 amide bonds. The molecule has 2 heterocycles. The first-order valence-electron chi connectivity index (χ1n) is 7.95. The van der Waals surface area contributed by atoms with E-state index in [0.717, 1.165) is 29.7 Å². The molecule has 3 rings (SSSR count). The predicted molar refractivity (Wildman–Crippen MR) is 90.5 cm³/mol. The quantitative estimate of drug-likeness (QED) is 0.918. The molecule has 0 saturated carbocycles. The number of carbonyl (C=O) groups excluding carboxylic acids is 1. The van der Waals surface area contributed by atoms with Gasteiger partial charge in [-0.15, -0.1) is 0 Å². The minimum atomic E-state index is -0.326. The van der Waals surface area contributed by atoms with E-state index in [1.54, 1.807) is 19.5 Å². The summed E-state index contributed by atoms with van der Waals surface area (Å²) in [5.74, 6) is 0.910. The maximum absolute atomic E-state index is 12.6. The highest BCUT2D eigenvalue weighted by atomic mass is 16.5. The van der Waals surface area contributed by atoms with E-state index in [9.17, 15) is 4.79 Å². The molecule has 1 aliphatic rings. The number of carbonyl (C=O) groups is 1. The summed E-state index contributed by atoms with van der Waals surface area (Å²) in [4.78, 5) is 16.7. The Morgan fingerprint density at radius 3 is 2.88 bits per heavy atom. The van der Waals surface area contributed by atoms with Crippen LogP contribution >= 0.6 is 0 Å². The van der Waals surface area contributed by atoms with Crippen molar-refractivity contribution in [2.45, 2.75) is 18.9 Å². The lowest BCUT2D eigenvalue weighted by Crippen LogP contribution is -2.32. The van der Waals surface area contributed by atoms with E-state index < -0.39 is 0 Å². The maximum atomic E-state index is 12.6. The third kappa shape index (κ3) is 3.74. The van der Waals surface area contributed by atoms with Crippen LogP contribution in [-0.2, 0) is 9.53 Å². The molecule has 0 fully saturated rings. The summed E-state index contributed by atoms with van der Waals surface area (Å²) in [6, 6.07) is 11.1. The van der Waals surface area contributed by atoms with E-state index in [1.807, 2.05) is 42.5 Å². The van der Waals surface area contributed by atoms with E-state index >= 15 is 0 Å². The zero-order chi connectivity index (χ0) is 16.8. The van der Waals surface area contributed by atoms with E-state index in [0.29, 0.717) is 12.4 Å². The highest BCUT2D eigenvalue weighted by Crippen LogP contribution is 2.25. The third-order valence-corrected chi connectivity index (χ3v) is 3.88. The largest absolute Gasteiger partial charge is 0.497 e. The monoisotopic (exact) mass is 324 g/mol. The number of amides is 1. The summed E-state index contributed by atoms with van der Waals surface area (Å²) >= 11 is 0. The minimum Gasteiger partial charge on any atom is -0.497 e. The Bertz CT molecular complexity index is 728. The molecule has 0 spiro atoms. The molecule has 1 aliphatic heterocycles. The number of allylic oxidation sites excluding steroid dienone is 1. The topological polar surface area (TPSA) is 60.5 Å². The molecule has 124 valence electrons. The van der Waals surface area contributed by atoms with Crippen LogP contribution in [0, 0.1) is 0 Å². The number of nitrogens with one attached hydrogen (secondary N) is 1. The van der Waals surface area contributed by atoms with Crippen LogP contribution in [-0.4, -0.2) is 24.6 Å². The summed E-state index contributed by atoms with van der Waals surface area (Å²) in [6.07, 6.45) is 7.10. The molecule has 0 radical (unpaired) electrons. The highest BCUT2D eigenvalue weighted by Gasteiger charge is 2.21. The number of methoxy groups -OCH3 is 1. The van der Waals surface area contributed by atoms with Gasteiger partial charge >= 0.3 is 0 Å². The van der Waals surface area contributed by atoms with Gasteiger partial charge in [-0.05, 0) is 48.2 Å². The fourth-order valence-corrected chi connectivity index (χ4v) is 2.64. The van der Waals surface area contributed by atoms with Gasteiger partial charge in [-0.1, -0.05) is 18.2 Å². The lowest BCUT2D eigenvalue weighted by molar-refractivity contribution is -0.121. The first kappa shape index (κ1) is 16.1. The van der Waals surface area contributed by atoms with Gasteiger partial charge in [-0.3, -0.25) is 9.78 Å². The van der Waals surface area contributed by atoms with Crippen LogP contribution in [0.1, 0.15) is 30.0 Å². The van der Waals surface area contributed by atoms with Gasteiger partial charge in [-0.25, -0.2) is 0 Å². The Kier molecular flexibility index (Phi) is 5.11. The second-order valence-corrected chi connectivity index (χ2v) is 5.53. The van der Waals surface area contributed by atoms with Gasteiger partial charge in [0.25, 0.3) is 5.91 Å². The number of ether oxygens (including phenoxy) is 2. The van der Waals surface area contributed by atoms with Gasteiger partial charge in [0, 0.05) is 12.4 Å². The Morgan fingerprint density at radius 1 is 1.29 bits per heavy atom. The molecule has 1 atom stereocenters. The van der Waals surface area contributed by atoms with Gasteiger partial charge < -0.3 is 14.8 Å². The smallest absolute Gasteiger partial charge is 0.286 e. The van der Waals surface area contributed by atoms with Gasteiger partial charge in [-0.2, -0.15) is 0 Å². The number of aromatic nitrogens is 1. The van der Waals surface area contributed by atoms with Gasteiger partial charge in [0.1, 0.15) is 5.75 Å². The lowest BCUT2D eigenvalue weighted by Gasteiger charge is -2.22. The molecule has 0 saturated heterocycles. The zero-order valence-electron chi connectivity index (χ0n) is 13.6. The Balaban J connectivity index is 1.90. The Hall–Kier alpha value is -2.82. The van der Waals surface area contributed by atoms with Crippen LogP contribution in [0.5, 0.6) is 5.75 Å². The molecular formula is C19H20N2O3. The summed E-state index contributed by atoms with van der Waals surface area (Å²) in [7, 11) is 1.62. The van der Waals surface area contributed by atoms with E-state index in [-0.39, 0.29) is 11.9 Å². The summed E-state index contributed by atoms with van der Waals surface area (Å²) in [6.45, 7) is 0.579. The van der Waals surface area contributed by atoms with Crippen molar-refractivity contribution < 1.29 is 14.3 Å². The first-order valence-corrected chi connectivity index (χ1v) is 7.95. The van der Waals surface area contributed by atoms with E-state index in [2.05, 4.69) is 10.3 Å². The standard InChI is InChI=1S/C19H20N2O3/c1-23-16-8-4-6-14(12-16)18(15-7-5-10-20-13-15)21-19(22)17-9-2-3-11-24-17/h4-10,12-13,18H,2-3,11H2,1H3,(H,21,22)/t18-/m0/s1. The molecule has 2 aromatic rings. The number of pyridine rings is 1. The Morgan fingerprint density at radius 2 is 2.17 bits per heavy atom. The van der Waals surface area contributed by atoms with Gasteiger partial charge in [0.05, 0.1) is 19.8 Å². The lowest BCUT2D eigenvalue weighted by atomic mass is 9.99. The molecule has 0 bridgehead atoms. The van der Waals surface area contributed by atoms with Crippen molar-refractivity contribution in [3.05, 3.63) is 71.8 Å². The van der Waals surface area contributed by atoms with Crippen LogP contribution in [0.2, 0.25) is 0 Å². The molecule has 5 nitrogen and oxygen atoms in total. The number of benzene rings is 1. The molecule has 1 aromatic carbocycles. The molecular weight excluding hydrogens is 304 g/mol. The molecule has 0 aliphatic carbocycles. The molecule has 5 heteroatoms. The molecule has 1 N–H and O–H groups in total. The fourth-order valence-electron chi connectivity index (χ4n) is 2.64. The second kappa shape index (κ2) is 7.64. The average Bonchev–Trinajstić information content (AvgIpc) is 2.67. The van der Waals surface area contributed by atoms with Gasteiger partial charge in [0.2, 0.25) is 0 Å². The number of rotatable bonds is 5. The van der Waals surface area contributed by atoms with Crippen LogP contribution in [0.25, 0.3) is 0 Å².